The average molecular weight is 166 g/mol. The van der Waals surface area contributed by atoms with Gasteiger partial charge in [0.15, 0.2) is 12.2 Å². The van der Waals surface area contributed by atoms with Gasteiger partial charge in [-0.15, -0.1) is 0 Å². The van der Waals surface area contributed by atoms with Gasteiger partial charge in [-0.2, -0.15) is 0 Å². The minimum Gasteiger partial charge on any atom is -1.00 e. The minimum absolute atomic E-state index is 0. The number of hydrogen-bond donors (Lipinski definition) is 4. The maximum atomic E-state index is 9.77. The van der Waals surface area contributed by atoms with Crippen LogP contribution in [0.1, 0.15) is 2.85 Å². The van der Waals surface area contributed by atoms with E-state index in [0.717, 1.165) is 0 Å². The molecule has 4 N–H and O–H groups in total. The first kappa shape index (κ1) is 18.0. The van der Waals surface area contributed by atoms with E-state index in [-0.39, 0.29) is 40.6 Å². The molecule has 0 aromatic rings. The monoisotopic (exact) mass is 166 g/mol. The van der Waals surface area contributed by atoms with Crippen LogP contribution in [0.5, 0.6) is 0 Å². The van der Waals surface area contributed by atoms with E-state index in [4.69, 9.17) is 20.4 Å². The zero-order valence-corrected chi connectivity index (χ0v) is 6.76. The van der Waals surface area contributed by atoms with Crippen molar-refractivity contribution in [1.29, 1.82) is 0 Å². The predicted octanol–water partition coefficient (Wildman–Crippen LogP) is -7.89. The quantitative estimate of drug-likeness (QED) is 0.309. The van der Waals surface area contributed by atoms with Gasteiger partial charge < -0.3 is 23.3 Å². The van der Waals surface area contributed by atoms with E-state index >= 15 is 0 Å². The van der Waals surface area contributed by atoms with E-state index in [1.54, 1.807) is 0 Å². The summed E-state index contributed by atoms with van der Waals surface area (Å²) in [5.74, 6) is -3.54. The van der Waals surface area contributed by atoms with Crippen molar-refractivity contribution in [3.05, 3.63) is 0 Å². The Hall–Kier alpha value is 0.0548. The largest absolute Gasteiger partial charge is 1.00 e. The third kappa shape index (κ3) is 5.67. The molecule has 0 saturated carbocycles. The van der Waals surface area contributed by atoms with Crippen molar-refractivity contribution in [3.8, 4) is 0 Å². The number of rotatable bonds is 3. The molecule has 12 heavy (non-hydrogen) atoms. The molecule has 62 valence electrons. The normalized spacial score (nSPS) is 13.2. The second kappa shape index (κ2) is 7.69. The predicted molar refractivity (Wildman–Crippen MR) is 29.5 cm³/mol. The SMILES string of the molecule is O=C(O)C(O)C(O)C(=O)O.[H-].[H-].[Li+].[Li+]. The summed E-state index contributed by atoms with van der Waals surface area (Å²) in [6.07, 6.45) is -4.53. The van der Waals surface area contributed by atoms with Crippen LogP contribution in [0.3, 0.4) is 0 Å². The molecule has 0 amide bonds. The topological polar surface area (TPSA) is 115 Å². The van der Waals surface area contributed by atoms with Gasteiger partial charge in [0, 0.05) is 0 Å². The first-order valence-corrected chi connectivity index (χ1v) is 2.28. The van der Waals surface area contributed by atoms with E-state index in [1.807, 2.05) is 0 Å². The zero-order valence-electron chi connectivity index (χ0n) is 8.76. The summed E-state index contributed by atoms with van der Waals surface area (Å²) in [6.45, 7) is 0. The summed E-state index contributed by atoms with van der Waals surface area (Å²) in [7, 11) is 0. The van der Waals surface area contributed by atoms with Crippen LogP contribution < -0.4 is 37.7 Å². The zero-order chi connectivity index (χ0) is 8.31. The summed E-state index contributed by atoms with van der Waals surface area (Å²) >= 11 is 0. The first-order valence-electron chi connectivity index (χ1n) is 2.28. The molecule has 2 atom stereocenters. The van der Waals surface area contributed by atoms with Gasteiger partial charge in [0.25, 0.3) is 0 Å². The molecule has 0 radical (unpaired) electrons. The van der Waals surface area contributed by atoms with Crippen LogP contribution in [0.4, 0.5) is 0 Å². The van der Waals surface area contributed by atoms with Crippen molar-refractivity contribution in [1.82, 2.24) is 0 Å². The van der Waals surface area contributed by atoms with Crippen molar-refractivity contribution in [2.45, 2.75) is 12.2 Å². The summed E-state index contributed by atoms with van der Waals surface area (Å²) in [6, 6.07) is 0. The molecule has 0 bridgehead atoms. The first-order chi connectivity index (χ1) is 4.46. The van der Waals surface area contributed by atoms with Gasteiger partial charge in [-0.3, -0.25) is 0 Å². The third-order valence-corrected chi connectivity index (χ3v) is 0.805. The van der Waals surface area contributed by atoms with Gasteiger partial charge in [0.2, 0.25) is 0 Å². The second-order valence-electron chi connectivity index (χ2n) is 1.57. The summed E-state index contributed by atoms with van der Waals surface area (Å²) in [5, 5.41) is 32.5. The summed E-state index contributed by atoms with van der Waals surface area (Å²) < 4.78 is 0. The molecule has 0 heterocycles. The molecule has 8 heteroatoms. The van der Waals surface area contributed by atoms with E-state index in [0.29, 0.717) is 0 Å². The Morgan fingerprint density at radius 3 is 1.17 bits per heavy atom. The van der Waals surface area contributed by atoms with Crippen molar-refractivity contribution in [2.24, 2.45) is 0 Å². The average Bonchev–Trinajstić information content (AvgIpc) is 1.84. The van der Waals surface area contributed by atoms with Crippen LogP contribution >= 0.6 is 0 Å². The molecule has 0 aliphatic rings. The van der Waals surface area contributed by atoms with E-state index in [9.17, 15) is 9.59 Å². The molecular formula is C4H8Li2O6. The number of hydrogen-bond acceptors (Lipinski definition) is 4. The Bertz CT molecular complexity index is 150. The molecule has 0 aliphatic heterocycles. The Morgan fingerprint density at radius 1 is 0.917 bits per heavy atom. The number of aliphatic hydroxyl groups excluding tert-OH is 2. The van der Waals surface area contributed by atoms with Gasteiger partial charge in [-0.25, -0.2) is 9.59 Å². The Morgan fingerprint density at radius 2 is 1.08 bits per heavy atom. The Balaban J connectivity index is -0.0000000675. The van der Waals surface area contributed by atoms with Crippen LogP contribution in [0, 0.1) is 0 Å². The molecule has 0 fully saturated rings. The molecule has 0 aromatic carbocycles. The molecule has 0 rings (SSSR count). The Kier molecular flexibility index (Phi) is 11.5. The Labute approximate surface area is 94.9 Å². The van der Waals surface area contributed by atoms with E-state index in [2.05, 4.69) is 0 Å². The summed E-state index contributed by atoms with van der Waals surface area (Å²) in [5.41, 5.74) is 0. The van der Waals surface area contributed by atoms with Gasteiger partial charge in [-0.05, 0) is 0 Å². The number of carboxylic acids is 2. The number of carbonyl (C=O) groups is 2. The molecule has 0 aromatic heterocycles. The molecular weight excluding hydrogens is 158 g/mol. The second-order valence-corrected chi connectivity index (χ2v) is 1.57. The molecule has 0 saturated heterocycles. The fraction of sp³-hybridized carbons (Fsp3) is 0.500. The number of aliphatic carboxylic acids is 2. The third-order valence-electron chi connectivity index (χ3n) is 0.805. The maximum absolute atomic E-state index is 9.77. The van der Waals surface area contributed by atoms with Gasteiger partial charge >= 0.3 is 49.7 Å². The van der Waals surface area contributed by atoms with Crippen LogP contribution in [-0.2, 0) is 9.59 Å². The number of carboxylic acid groups (broad SMARTS) is 2. The van der Waals surface area contributed by atoms with Crippen molar-refractivity contribution >= 4 is 11.9 Å². The molecule has 6 nitrogen and oxygen atoms in total. The van der Waals surface area contributed by atoms with Crippen molar-refractivity contribution < 1.29 is 70.6 Å². The van der Waals surface area contributed by atoms with Crippen molar-refractivity contribution in [3.63, 3.8) is 0 Å². The standard InChI is InChI=1S/C4H6O6.2Li.2H/c5-1(3(7)8)2(6)4(9)10;;;;/h1-2,5-6H,(H,7,8)(H,9,10);;;;/q;2*+1;2*-1. The van der Waals surface area contributed by atoms with Gasteiger partial charge in [0.1, 0.15) is 0 Å². The number of aliphatic hydroxyl groups is 2. The fourth-order valence-electron chi connectivity index (χ4n) is 0.270. The van der Waals surface area contributed by atoms with Gasteiger partial charge in [-0.1, -0.05) is 0 Å². The fourth-order valence-corrected chi connectivity index (χ4v) is 0.270. The van der Waals surface area contributed by atoms with Crippen LogP contribution in [0.25, 0.3) is 0 Å². The van der Waals surface area contributed by atoms with Gasteiger partial charge in [0.05, 0.1) is 0 Å². The maximum Gasteiger partial charge on any atom is 1.00 e. The molecule has 0 aliphatic carbocycles. The van der Waals surface area contributed by atoms with Crippen LogP contribution in [0.15, 0.2) is 0 Å². The van der Waals surface area contributed by atoms with Crippen LogP contribution in [-0.4, -0.2) is 44.6 Å². The van der Waals surface area contributed by atoms with Crippen LogP contribution in [0.2, 0.25) is 0 Å². The van der Waals surface area contributed by atoms with Crippen molar-refractivity contribution in [2.75, 3.05) is 0 Å². The minimum atomic E-state index is -2.27. The smallest absolute Gasteiger partial charge is 1.00 e. The van der Waals surface area contributed by atoms with E-state index < -0.39 is 24.1 Å². The molecule has 2 unspecified atom stereocenters. The van der Waals surface area contributed by atoms with E-state index in [1.165, 1.54) is 0 Å². The molecule has 0 spiro atoms. The summed E-state index contributed by atoms with van der Waals surface area (Å²) in [4.78, 5) is 19.5.